The lowest BCUT2D eigenvalue weighted by molar-refractivity contribution is -0.147. The first-order valence-corrected chi connectivity index (χ1v) is 7.81. The van der Waals surface area contributed by atoms with Crippen molar-refractivity contribution in [3.8, 4) is 17.9 Å². The Balaban J connectivity index is 3.08. The van der Waals surface area contributed by atoms with Crippen LogP contribution in [0.4, 0.5) is 0 Å². The molecule has 0 aromatic rings. The fourth-order valence-corrected chi connectivity index (χ4v) is 2.89. The molecule has 0 heterocycles. The van der Waals surface area contributed by atoms with Crippen LogP contribution in [0.15, 0.2) is 11.6 Å². The maximum Gasteiger partial charge on any atom is 0.331 e. The maximum absolute atomic E-state index is 12.4. The fraction of sp³-hybridized carbons (Fsp3) is 0.611. The molecule has 5 nitrogen and oxygen atoms in total. The fourth-order valence-electron chi connectivity index (χ4n) is 2.89. The van der Waals surface area contributed by atoms with E-state index in [1.54, 1.807) is 0 Å². The van der Waals surface area contributed by atoms with E-state index in [0.717, 1.165) is 31.3 Å². The van der Waals surface area contributed by atoms with Crippen molar-refractivity contribution in [1.82, 2.24) is 0 Å². The Hall–Kier alpha value is -2.27. The topological polar surface area (TPSA) is 76.4 Å². The SMILES string of the molecule is CCC1CCCC=C1C(C#N)(CC#CCOC(C)=O)C(=O)OC. The van der Waals surface area contributed by atoms with Gasteiger partial charge in [-0.15, -0.1) is 0 Å². The summed E-state index contributed by atoms with van der Waals surface area (Å²) in [5.41, 5.74) is -0.554. The lowest BCUT2D eigenvalue weighted by atomic mass is 9.68. The number of hydrogen-bond donors (Lipinski definition) is 0. The zero-order valence-corrected chi connectivity index (χ0v) is 14.0. The van der Waals surface area contributed by atoms with E-state index in [1.165, 1.54) is 14.0 Å². The number of nitrogens with zero attached hydrogens (tertiary/aromatic N) is 1. The number of methoxy groups -OCH3 is 1. The molecule has 0 spiro atoms. The lowest BCUT2D eigenvalue weighted by Crippen LogP contribution is -2.36. The largest absolute Gasteiger partial charge is 0.468 e. The van der Waals surface area contributed by atoms with Crippen LogP contribution in [-0.4, -0.2) is 25.7 Å². The molecular formula is C18H23NO4. The van der Waals surface area contributed by atoms with E-state index in [2.05, 4.69) is 24.8 Å². The Labute approximate surface area is 137 Å². The third-order valence-corrected chi connectivity index (χ3v) is 4.10. The minimum Gasteiger partial charge on any atom is -0.468 e. The summed E-state index contributed by atoms with van der Waals surface area (Å²) in [6, 6.07) is 2.15. The van der Waals surface area contributed by atoms with E-state index in [1.807, 2.05) is 6.08 Å². The lowest BCUT2D eigenvalue weighted by Gasteiger charge is -2.33. The van der Waals surface area contributed by atoms with Crippen molar-refractivity contribution in [2.24, 2.45) is 11.3 Å². The van der Waals surface area contributed by atoms with Crippen LogP contribution in [0.2, 0.25) is 0 Å². The van der Waals surface area contributed by atoms with Gasteiger partial charge < -0.3 is 9.47 Å². The molecule has 2 unspecified atom stereocenters. The highest BCUT2D eigenvalue weighted by Gasteiger charge is 2.46. The Kier molecular flexibility index (Phi) is 7.35. The van der Waals surface area contributed by atoms with E-state index in [4.69, 9.17) is 9.47 Å². The highest BCUT2D eigenvalue weighted by atomic mass is 16.5. The zero-order valence-electron chi connectivity index (χ0n) is 14.0. The molecule has 0 saturated carbocycles. The van der Waals surface area contributed by atoms with Crippen molar-refractivity contribution in [1.29, 1.82) is 5.26 Å². The van der Waals surface area contributed by atoms with Crippen molar-refractivity contribution >= 4 is 11.9 Å². The highest BCUT2D eigenvalue weighted by molar-refractivity contribution is 5.84. The monoisotopic (exact) mass is 317 g/mol. The number of hydrogen-bond acceptors (Lipinski definition) is 5. The van der Waals surface area contributed by atoms with Crippen LogP contribution in [0, 0.1) is 34.5 Å². The van der Waals surface area contributed by atoms with E-state index in [9.17, 15) is 14.9 Å². The van der Waals surface area contributed by atoms with Crippen LogP contribution in [0.1, 0.15) is 46.0 Å². The number of rotatable bonds is 5. The smallest absolute Gasteiger partial charge is 0.331 e. The third-order valence-electron chi connectivity index (χ3n) is 4.10. The van der Waals surface area contributed by atoms with Gasteiger partial charge in [0.05, 0.1) is 13.2 Å². The quantitative estimate of drug-likeness (QED) is 0.443. The van der Waals surface area contributed by atoms with E-state index in [-0.39, 0.29) is 18.9 Å². The molecule has 2 atom stereocenters. The minimum atomic E-state index is -1.38. The summed E-state index contributed by atoms with van der Waals surface area (Å²) in [5, 5.41) is 9.74. The summed E-state index contributed by atoms with van der Waals surface area (Å²) in [6.07, 6.45) is 5.78. The molecule has 0 aromatic heterocycles. The van der Waals surface area contributed by atoms with Crippen LogP contribution in [0.5, 0.6) is 0 Å². The van der Waals surface area contributed by atoms with Gasteiger partial charge in [0.2, 0.25) is 0 Å². The van der Waals surface area contributed by atoms with E-state index < -0.39 is 17.4 Å². The van der Waals surface area contributed by atoms with Gasteiger partial charge in [0.1, 0.15) is 0 Å². The maximum atomic E-state index is 12.4. The van der Waals surface area contributed by atoms with Crippen LogP contribution in [0.3, 0.4) is 0 Å². The summed E-state index contributed by atoms with van der Waals surface area (Å²) in [7, 11) is 1.28. The predicted molar refractivity (Wildman–Crippen MR) is 84.8 cm³/mol. The second-order valence-electron chi connectivity index (χ2n) is 5.51. The molecule has 1 aliphatic rings. The Bertz CT molecular complexity index is 576. The van der Waals surface area contributed by atoms with E-state index >= 15 is 0 Å². The molecule has 0 radical (unpaired) electrons. The molecule has 0 saturated heterocycles. The molecule has 0 bridgehead atoms. The number of nitriles is 1. The van der Waals surface area contributed by atoms with Crippen molar-refractivity contribution in [2.75, 3.05) is 13.7 Å². The molecule has 0 fully saturated rings. The van der Waals surface area contributed by atoms with Gasteiger partial charge in [-0.1, -0.05) is 24.8 Å². The molecule has 1 aliphatic carbocycles. The number of allylic oxidation sites excluding steroid dienone is 1. The first kappa shape index (κ1) is 18.8. The average molecular weight is 317 g/mol. The van der Waals surface area contributed by atoms with Crippen LogP contribution >= 0.6 is 0 Å². The van der Waals surface area contributed by atoms with Crippen LogP contribution in [-0.2, 0) is 19.1 Å². The van der Waals surface area contributed by atoms with E-state index in [0.29, 0.717) is 0 Å². The molecule has 0 N–H and O–H groups in total. The number of carbonyl (C=O) groups excluding carboxylic acids is 2. The normalized spacial score (nSPS) is 19.2. The minimum absolute atomic E-state index is 0.0414. The molecular weight excluding hydrogens is 294 g/mol. The van der Waals surface area contributed by atoms with Gasteiger partial charge in [0.25, 0.3) is 0 Å². The second kappa shape index (κ2) is 9.00. The number of esters is 2. The van der Waals surface area contributed by atoms with Crippen molar-refractivity contribution in [3.05, 3.63) is 11.6 Å². The molecule has 5 heteroatoms. The Morgan fingerprint density at radius 1 is 1.43 bits per heavy atom. The van der Waals surface area contributed by atoms with Gasteiger partial charge in [0.15, 0.2) is 12.0 Å². The molecule has 124 valence electrons. The predicted octanol–water partition coefficient (Wildman–Crippen LogP) is 2.76. The van der Waals surface area contributed by atoms with Gasteiger partial charge in [-0.2, -0.15) is 5.26 Å². The molecule has 0 aromatic carbocycles. The average Bonchev–Trinajstić information content (AvgIpc) is 2.57. The van der Waals surface area contributed by atoms with Crippen molar-refractivity contribution in [3.63, 3.8) is 0 Å². The van der Waals surface area contributed by atoms with Gasteiger partial charge in [-0.05, 0) is 37.2 Å². The zero-order chi connectivity index (χ0) is 17.3. The van der Waals surface area contributed by atoms with Crippen molar-refractivity contribution < 1.29 is 19.1 Å². The van der Waals surface area contributed by atoms with Gasteiger partial charge in [-0.3, -0.25) is 4.79 Å². The summed E-state index contributed by atoms with van der Waals surface area (Å²) in [4.78, 5) is 23.1. The summed E-state index contributed by atoms with van der Waals surface area (Å²) in [6.45, 7) is 3.30. The number of carbonyl (C=O) groups is 2. The standard InChI is InChI=1S/C18H23NO4/c1-4-15-9-5-6-10-16(15)18(13-19,17(21)22-3)11-7-8-12-23-14(2)20/h10,15H,4-6,9,11-12H2,1-3H3. The number of ether oxygens (including phenoxy) is 2. The van der Waals surface area contributed by atoms with Crippen LogP contribution < -0.4 is 0 Å². The van der Waals surface area contributed by atoms with Crippen molar-refractivity contribution in [2.45, 2.75) is 46.0 Å². The summed E-state index contributed by atoms with van der Waals surface area (Å²) in [5.74, 6) is 4.68. The summed E-state index contributed by atoms with van der Waals surface area (Å²) >= 11 is 0. The molecule has 1 rings (SSSR count). The first-order valence-electron chi connectivity index (χ1n) is 7.81. The highest BCUT2D eigenvalue weighted by Crippen LogP contribution is 2.42. The van der Waals surface area contributed by atoms with Gasteiger partial charge >= 0.3 is 11.9 Å². The summed E-state index contributed by atoms with van der Waals surface area (Å²) < 4.78 is 9.63. The van der Waals surface area contributed by atoms with Gasteiger partial charge in [0, 0.05) is 13.3 Å². The van der Waals surface area contributed by atoms with Crippen LogP contribution in [0.25, 0.3) is 0 Å². The Morgan fingerprint density at radius 2 is 2.17 bits per heavy atom. The molecule has 0 aliphatic heterocycles. The van der Waals surface area contributed by atoms with Gasteiger partial charge in [-0.25, -0.2) is 4.79 Å². The first-order chi connectivity index (χ1) is 11.0. The third kappa shape index (κ3) is 4.60. The Morgan fingerprint density at radius 3 is 2.74 bits per heavy atom. The second-order valence-corrected chi connectivity index (χ2v) is 5.51. The molecule has 23 heavy (non-hydrogen) atoms. The molecule has 0 amide bonds.